The largest absolute Gasteiger partial charge is 0.477 e. The van der Waals surface area contributed by atoms with Crippen LogP contribution in [0.4, 0.5) is 0 Å². The lowest BCUT2D eigenvalue weighted by Crippen LogP contribution is -2.26. The lowest BCUT2D eigenvalue weighted by Gasteiger charge is -2.09. The van der Waals surface area contributed by atoms with E-state index in [-0.39, 0.29) is 22.2 Å². The number of aryl methyl sites for hydroxylation is 1. The third kappa shape index (κ3) is 4.42. The molecule has 0 aliphatic heterocycles. The molecule has 0 aromatic carbocycles. The molecule has 0 saturated heterocycles. The van der Waals surface area contributed by atoms with E-state index in [1.54, 1.807) is 13.8 Å². The van der Waals surface area contributed by atoms with E-state index in [1.165, 1.54) is 12.1 Å². The summed E-state index contributed by atoms with van der Waals surface area (Å²) in [5, 5.41) is 12.1. The van der Waals surface area contributed by atoms with Crippen LogP contribution in [0, 0.1) is 6.92 Å². The van der Waals surface area contributed by atoms with Crippen LogP contribution in [0.25, 0.3) is 0 Å². The fourth-order valence-electron chi connectivity index (χ4n) is 1.97. The molecule has 0 aliphatic rings. The first-order chi connectivity index (χ1) is 11.1. The van der Waals surface area contributed by atoms with E-state index in [9.17, 15) is 18.0 Å². The molecule has 2 rings (SSSR count). The number of carboxylic acids is 1. The highest BCUT2D eigenvalue weighted by molar-refractivity contribution is 7.89. The number of aromatic carboxylic acids is 1. The minimum absolute atomic E-state index is 0.0211. The second-order valence-corrected chi connectivity index (χ2v) is 8.47. The molecule has 2 aromatic heterocycles. The van der Waals surface area contributed by atoms with Gasteiger partial charge in [0.15, 0.2) is 15.6 Å². The second kappa shape index (κ2) is 6.73. The molecule has 0 bridgehead atoms. The summed E-state index contributed by atoms with van der Waals surface area (Å²) >= 11 is 0.991. The molecule has 8 nitrogen and oxygen atoms in total. The number of carboxylic acid groups (broad SMARTS) is 1. The van der Waals surface area contributed by atoms with Crippen LogP contribution in [-0.4, -0.2) is 36.6 Å². The molecule has 24 heavy (non-hydrogen) atoms. The number of thiazole rings is 1. The van der Waals surface area contributed by atoms with Crippen molar-refractivity contribution in [2.45, 2.75) is 25.6 Å². The van der Waals surface area contributed by atoms with Crippen molar-refractivity contribution in [1.29, 1.82) is 0 Å². The van der Waals surface area contributed by atoms with Crippen LogP contribution in [0.5, 0.6) is 0 Å². The van der Waals surface area contributed by atoms with E-state index >= 15 is 0 Å². The predicted octanol–water partition coefficient (Wildman–Crippen LogP) is 1.78. The van der Waals surface area contributed by atoms with Crippen molar-refractivity contribution in [3.05, 3.63) is 39.2 Å². The minimum atomic E-state index is -3.26. The molecule has 1 atom stereocenters. The number of carbonyl (C=O) groups is 2. The highest BCUT2D eigenvalue weighted by atomic mass is 32.2. The Kier molecular flexibility index (Phi) is 5.09. The summed E-state index contributed by atoms with van der Waals surface area (Å²) in [4.78, 5) is 27.4. The average molecular weight is 372 g/mol. The van der Waals surface area contributed by atoms with Gasteiger partial charge in [0.05, 0.1) is 11.7 Å². The Hall–Kier alpha value is -2.20. The van der Waals surface area contributed by atoms with Crippen molar-refractivity contribution in [2.24, 2.45) is 0 Å². The standard InChI is InChI=1S/C14H16N2O6S2/c1-7-11(14(18)19)23-13(16-7)8(2)15-12(17)10-5-4-9(22-10)6-24(3,20)21/h4-5,8H,6H2,1-3H3,(H,15,17)(H,18,19). The summed E-state index contributed by atoms with van der Waals surface area (Å²) < 4.78 is 27.7. The number of sulfone groups is 1. The molecule has 0 radical (unpaired) electrons. The molecule has 2 N–H and O–H groups in total. The van der Waals surface area contributed by atoms with Crippen LogP contribution in [0.2, 0.25) is 0 Å². The summed E-state index contributed by atoms with van der Waals surface area (Å²) in [6, 6.07) is 2.30. The van der Waals surface area contributed by atoms with Gasteiger partial charge in [-0.1, -0.05) is 0 Å². The monoisotopic (exact) mass is 372 g/mol. The van der Waals surface area contributed by atoms with Gasteiger partial charge in [0.2, 0.25) is 0 Å². The number of amides is 1. The fraction of sp³-hybridized carbons (Fsp3) is 0.357. The summed E-state index contributed by atoms with van der Waals surface area (Å²) in [7, 11) is -3.26. The molecule has 0 aliphatic carbocycles. The number of nitrogens with zero attached hydrogens (tertiary/aromatic N) is 1. The maximum Gasteiger partial charge on any atom is 0.347 e. The van der Waals surface area contributed by atoms with E-state index in [1.807, 2.05) is 0 Å². The zero-order valence-corrected chi connectivity index (χ0v) is 14.8. The van der Waals surface area contributed by atoms with E-state index in [4.69, 9.17) is 9.52 Å². The summed E-state index contributed by atoms with van der Waals surface area (Å²) in [6.45, 7) is 3.25. The first-order valence-electron chi connectivity index (χ1n) is 6.84. The maximum atomic E-state index is 12.1. The highest BCUT2D eigenvalue weighted by Crippen LogP contribution is 2.24. The molecule has 2 aromatic rings. The van der Waals surface area contributed by atoms with Gasteiger partial charge < -0.3 is 14.8 Å². The van der Waals surface area contributed by atoms with E-state index in [0.29, 0.717) is 10.7 Å². The number of hydrogen-bond acceptors (Lipinski definition) is 7. The predicted molar refractivity (Wildman–Crippen MR) is 86.9 cm³/mol. The molecule has 2 heterocycles. The number of rotatable bonds is 6. The Morgan fingerprint density at radius 2 is 2.08 bits per heavy atom. The van der Waals surface area contributed by atoms with Crippen LogP contribution in [0.3, 0.4) is 0 Å². The Bertz CT molecular complexity index is 881. The molecule has 10 heteroatoms. The highest BCUT2D eigenvalue weighted by Gasteiger charge is 2.21. The van der Waals surface area contributed by atoms with Crippen molar-refractivity contribution in [2.75, 3.05) is 6.26 Å². The molecule has 0 spiro atoms. The van der Waals surface area contributed by atoms with Gasteiger partial charge in [-0.25, -0.2) is 18.2 Å². The van der Waals surface area contributed by atoms with Crippen molar-refractivity contribution in [3.63, 3.8) is 0 Å². The van der Waals surface area contributed by atoms with Gasteiger partial charge in [0, 0.05) is 6.26 Å². The second-order valence-electron chi connectivity index (χ2n) is 5.30. The van der Waals surface area contributed by atoms with Gasteiger partial charge in [0.25, 0.3) is 5.91 Å². The van der Waals surface area contributed by atoms with Crippen molar-refractivity contribution >= 4 is 33.1 Å². The zero-order valence-electron chi connectivity index (χ0n) is 13.2. The number of aromatic nitrogens is 1. The number of hydrogen-bond donors (Lipinski definition) is 2. The molecular formula is C14H16N2O6S2. The van der Waals surface area contributed by atoms with Gasteiger partial charge in [-0.05, 0) is 26.0 Å². The van der Waals surface area contributed by atoms with Gasteiger partial charge >= 0.3 is 5.97 Å². The van der Waals surface area contributed by atoms with Crippen LogP contribution >= 0.6 is 11.3 Å². The van der Waals surface area contributed by atoms with Crippen LogP contribution in [0.15, 0.2) is 16.5 Å². The third-order valence-corrected chi connectivity index (χ3v) is 5.15. The maximum absolute atomic E-state index is 12.1. The van der Waals surface area contributed by atoms with E-state index < -0.39 is 27.8 Å². The average Bonchev–Trinajstić information content (AvgIpc) is 3.03. The van der Waals surface area contributed by atoms with Crippen LogP contribution < -0.4 is 5.32 Å². The lowest BCUT2D eigenvalue weighted by molar-refractivity contribution is 0.0700. The van der Waals surface area contributed by atoms with Gasteiger partial charge in [-0.15, -0.1) is 11.3 Å². The van der Waals surface area contributed by atoms with Gasteiger partial charge in [-0.2, -0.15) is 0 Å². The zero-order chi connectivity index (χ0) is 18.1. The normalized spacial score (nSPS) is 12.8. The Morgan fingerprint density at radius 1 is 1.42 bits per heavy atom. The van der Waals surface area contributed by atoms with Crippen LogP contribution in [0.1, 0.15) is 49.7 Å². The number of furan rings is 1. The van der Waals surface area contributed by atoms with Crippen molar-refractivity contribution in [1.82, 2.24) is 10.3 Å². The Balaban J connectivity index is 2.09. The summed E-state index contributed by atoms with van der Waals surface area (Å²) in [5.41, 5.74) is 0.386. The Morgan fingerprint density at radius 3 is 2.62 bits per heavy atom. The topological polar surface area (TPSA) is 127 Å². The number of carbonyl (C=O) groups excluding carboxylic acids is 1. The van der Waals surface area contributed by atoms with E-state index in [2.05, 4.69) is 10.3 Å². The quantitative estimate of drug-likeness (QED) is 0.791. The van der Waals surface area contributed by atoms with Gasteiger partial charge in [0.1, 0.15) is 21.4 Å². The molecular weight excluding hydrogens is 356 g/mol. The molecule has 130 valence electrons. The smallest absolute Gasteiger partial charge is 0.347 e. The Labute approximate surface area is 142 Å². The fourth-order valence-corrected chi connectivity index (χ4v) is 3.55. The SMILES string of the molecule is Cc1nc(C(C)NC(=O)c2ccc(CS(C)(=O)=O)o2)sc1C(=O)O. The number of nitrogens with one attached hydrogen (secondary N) is 1. The first kappa shape index (κ1) is 18.1. The molecule has 0 fully saturated rings. The molecule has 1 amide bonds. The first-order valence-corrected chi connectivity index (χ1v) is 9.72. The van der Waals surface area contributed by atoms with Crippen molar-refractivity contribution in [3.8, 4) is 0 Å². The van der Waals surface area contributed by atoms with Crippen molar-refractivity contribution < 1.29 is 27.5 Å². The molecule has 0 saturated carbocycles. The van der Waals surface area contributed by atoms with E-state index in [0.717, 1.165) is 17.6 Å². The summed E-state index contributed by atoms with van der Waals surface area (Å²) in [5.74, 6) is -1.73. The summed E-state index contributed by atoms with van der Waals surface area (Å²) in [6.07, 6.45) is 1.07. The van der Waals surface area contributed by atoms with Crippen LogP contribution in [-0.2, 0) is 15.6 Å². The molecule has 1 unspecified atom stereocenters. The van der Waals surface area contributed by atoms with Gasteiger partial charge in [-0.3, -0.25) is 4.79 Å². The third-order valence-electron chi connectivity index (χ3n) is 3.02. The lowest BCUT2D eigenvalue weighted by atomic mass is 10.3. The minimum Gasteiger partial charge on any atom is -0.477 e.